The molecule has 0 amide bonds. The van der Waals surface area contributed by atoms with Crippen LogP contribution in [-0.2, 0) is 9.47 Å². The summed E-state index contributed by atoms with van der Waals surface area (Å²) in [5.74, 6) is 0.477. The number of epoxide rings is 1. The van der Waals surface area contributed by atoms with E-state index in [1.165, 1.54) is 32.1 Å². The van der Waals surface area contributed by atoms with E-state index in [1.54, 1.807) is 0 Å². The van der Waals surface area contributed by atoms with Gasteiger partial charge in [0.1, 0.15) is 0 Å². The number of aliphatic hydroxyl groups is 1. The molecule has 7 aliphatic rings. The van der Waals surface area contributed by atoms with Gasteiger partial charge < -0.3 is 14.6 Å². The SMILES string of the molecule is CC12CC[C@H]3[C@@](CC[C@H]4C(C)(C)[C@]5(O)CC[C@]34CO5)(C1)[C@H]1O[C@H]12. The van der Waals surface area contributed by atoms with Gasteiger partial charge in [-0.1, -0.05) is 20.8 Å². The highest BCUT2D eigenvalue weighted by atomic mass is 16.6. The molecule has 3 heteroatoms. The Labute approximate surface area is 139 Å². The van der Waals surface area contributed by atoms with E-state index in [2.05, 4.69) is 20.8 Å². The molecule has 0 radical (unpaired) electrons. The van der Waals surface area contributed by atoms with Crippen LogP contribution >= 0.6 is 0 Å². The van der Waals surface area contributed by atoms with Crippen molar-refractivity contribution in [3.63, 3.8) is 0 Å². The minimum atomic E-state index is -0.888. The van der Waals surface area contributed by atoms with E-state index in [0.29, 0.717) is 34.4 Å². The first kappa shape index (κ1) is 14.1. The van der Waals surface area contributed by atoms with E-state index < -0.39 is 5.79 Å². The third-order valence-electron chi connectivity index (χ3n) is 9.85. The number of hydrogen-bond donors (Lipinski definition) is 1. The molecule has 1 N–H and O–H groups in total. The van der Waals surface area contributed by atoms with Gasteiger partial charge in [0.2, 0.25) is 0 Å². The summed E-state index contributed by atoms with van der Waals surface area (Å²) in [4.78, 5) is 0. The van der Waals surface area contributed by atoms with Crippen molar-refractivity contribution >= 4 is 0 Å². The van der Waals surface area contributed by atoms with Gasteiger partial charge in [0.25, 0.3) is 0 Å². The molecule has 7 fully saturated rings. The molecule has 3 heterocycles. The quantitative estimate of drug-likeness (QED) is 0.695. The maximum atomic E-state index is 11.1. The van der Waals surface area contributed by atoms with Gasteiger partial charge in [-0.15, -0.1) is 0 Å². The zero-order chi connectivity index (χ0) is 15.9. The summed E-state index contributed by atoms with van der Waals surface area (Å²) < 4.78 is 12.4. The third-order valence-corrected chi connectivity index (χ3v) is 9.85. The van der Waals surface area contributed by atoms with Gasteiger partial charge in [0.05, 0.1) is 18.8 Å². The van der Waals surface area contributed by atoms with Crippen molar-refractivity contribution in [3.8, 4) is 0 Å². The van der Waals surface area contributed by atoms with Crippen LogP contribution < -0.4 is 0 Å². The number of fused-ring (bicyclic) bond motifs is 5. The Morgan fingerprint density at radius 2 is 1.65 bits per heavy atom. The largest absolute Gasteiger partial charge is 0.368 e. The predicted molar refractivity (Wildman–Crippen MR) is 85.6 cm³/mol. The molecule has 0 aromatic heterocycles. The van der Waals surface area contributed by atoms with Crippen LogP contribution in [0.15, 0.2) is 0 Å². The molecule has 0 aromatic carbocycles. The van der Waals surface area contributed by atoms with Crippen LogP contribution in [0.4, 0.5) is 0 Å². The lowest BCUT2D eigenvalue weighted by Gasteiger charge is -2.71. The molecular weight excluding hydrogens is 288 g/mol. The highest BCUT2D eigenvalue weighted by molar-refractivity contribution is 5.27. The fraction of sp³-hybridized carbons (Fsp3) is 1.00. The summed E-state index contributed by atoms with van der Waals surface area (Å²) in [7, 11) is 0. The molecule has 3 saturated heterocycles. The summed E-state index contributed by atoms with van der Waals surface area (Å²) >= 11 is 0. The Morgan fingerprint density at radius 3 is 2.39 bits per heavy atom. The number of ether oxygens (including phenoxy) is 2. The normalized spacial score (nSPS) is 67.3. The average molecular weight is 318 g/mol. The first-order valence-corrected chi connectivity index (χ1v) is 9.79. The fourth-order valence-electron chi connectivity index (χ4n) is 8.76. The van der Waals surface area contributed by atoms with Crippen LogP contribution in [0, 0.1) is 33.5 Å². The highest BCUT2D eigenvalue weighted by Crippen LogP contribution is 2.79. The summed E-state index contributed by atoms with van der Waals surface area (Å²) in [6, 6.07) is 0. The molecule has 4 aliphatic carbocycles. The average Bonchev–Trinajstić information content (AvgIpc) is 3.27. The van der Waals surface area contributed by atoms with Crippen molar-refractivity contribution in [2.75, 3.05) is 6.61 Å². The van der Waals surface area contributed by atoms with E-state index in [4.69, 9.17) is 9.47 Å². The molecule has 23 heavy (non-hydrogen) atoms. The van der Waals surface area contributed by atoms with Crippen molar-refractivity contribution in [2.45, 2.75) is 83.7 Å². The molecule has 7 rings (SSSR count). The van der Waals surface area contributed by atoms with E-state index in [0.717, 1.165) is 25.4 Å². The van der Waals surface area contributed by atoms with Crippen molar-refractivity contribution in [3.05, 3.63) is 0 Å². The molecule has 0 aromatic rings. The zero-order valence-corrected chi connectivity index (χ0v) is 14.7. The maximum Gasteiger partial charge on any atom is 0.170 e. The predicted octanol–water partition coefficient (Wildman–Crippen LogP) is 3.50. The van der Waals surface area contributed by atoms with Gasteiger partial charge in [-0.05, 0) is 55.8 Å². The fourth-order valence-corrected chi connectivity index (χ4v) is 8.76. The molecule has 4 saturated carbocycles. The second-order valence-corrected chi connectivity index (χ2v) is 10.8. The Hall–Kier alpha value is -0.120. The van der Waals surface area contributed by atoms with E-state index in [1.807, 2.05) is 0 Å². The molecule has 3 nitrogen and oxygen atoms in total. The van der Waals surface area contributed by atoms with Crippen molar-refractivity contribution < 1.29 is 14.6 Å². The van der Waals surface area contributed by atoms with E-state index >= 15 is 0 Å². The standard InChI is InChI=1S/C20H30O3/c1-16(2)12-5-7-18-10-17(3,14-15(18)23-14)6-4-13(18)19(12)8-9-20(16,21)22-11-19/h12-15,21H,4-11H2,1-3H3/t12-,13-,14+,15-,17?,18+,19+,20-/m0/s1. The van der Waals surface area contributed by atoms with Crippen LogP contribution in [0.25, 0.3) is 0 Å². The van der Waals surface area contributed by atoms with Crippen LogP contribution in [0.3, 0.4) is 0 Å². The Kier molecular flexibility index (Phi) is 2.17. The summed E-state index contributed by atoms with van der Waals surface area (Å²) in [6.45, 7) is 7.80. The lowest BCUT2D eigenvalue weighted by atomic mass is 9.38. The Morgan fingerprint density at radius 1 is 0.870 bits per heavy atom. The monoisotopic (exact) mass is 318 g/mol. The Balaban J connectivity index is 1.49. The molecule has 4 bridgehead atoms. The van der Waals surface area contributed by atoms with Crippen LogP contribution in [-0.4, -0.2) is 29.7 Å². The smallest absolute Gasteiger partial charge is 0.170 e. The van der Waals surface area contributed by atoms with E-state index in [-0.39, 0.29) is 5.41 Å². The highest BCUT2D eigenvalue weighted by Gasteiger charge is 2.80. The first-order chi connectivity index (χ1) is 10.8. The van der Waals surface area contributed by atoms with Crippen molar-refractivity contribution in [1.82, 2.24) is 0 Å². The molecule has 8 atom stereocenters. The van der Waals surface area contributed by atoms with Crippen LogP contribution in [0.5, 0.6) is 0 Å². The topological polar surface area (TPSA) is 42.0 Å². The van der Waals surface area contributed by atoms with Gasteiger partial charge in [-0.3, -0.25) is 0 Å². The molecule has 1 unspecified atom stereocenters. The van der Waals surface area contributed by atoms with E-state index in [9.17, 15) is 5.11 Å². The van der Waals surface area contributed by atoms with Crippen LogP contribution in [0.2, 0.25) is 0 Å². The second-order valence-electron chi connectivity index (χ2n) is 10.8. The molecular formula is C20H30O3. The first-order valence-electron chi connectivity index (χ1n) is 9.79. The molecule has 3 aliphatic heterocycles. The lowest BCUT2D eigenvalue weighted by Crippen LogP contribution is -2.72. The zero-order valence-electron chi connectivity index (χ0n) is 14.7. The minimum Gasteiger partial charge on any atom is -0.368 e. The summed E-state index contributed by atoms with van der Waals surface area (Å²) in [5, 5.41) is 11.1. The van der Waals surface area contributed by atoms with Gasteiger partial charge in [0.15, 0.2) is 5.79 Å². The van der Waals surface area contributed by atoms with Crippen LogP contribution in [0.1, 0.15) is 65.7 Å². The van der Waals surface area contributed by atoms with Crippen molar-refractivity contribution in [1.29, 1.82) is 0 Å². The maximum absolute atomic E-state index is 11.1. The second kappa shape index (κ2) is 3.54. The van der Waals surface area contributed by atoms with Gasteiger partial charge >= 0.3 is 0 Å². The van der Waals surface area contributed by atoms with Gasteiger partial charge in [-0.2, -0.15) is 0 Å². The lowest BCUT2D eigenvalue weighted by molar-refractivity contribution is -0.395. The number of rotatable bonds is 0. The van der Waals surface area contributed by atoms with Gasteiger partial charge in [0, 0.05) is 22.7 Å². The summed E-state index contributed by atoms with van der Waals surface area (Å²) in [6.07, 6.45) is 9.76. The Bertz CT molecular complexity index is 590. The molecule has 2 spiro atoms. The third kappa shape index (κ3) is 1.26. The minimum absolute atomic E-state index is 0.117. The van der Waals surface area contributed by atoms with Crippen molar-refractivity contribution in [2.24, 2.45) is 33.5 Å². The molecule has 128 valence electrons. The summed E-state index contributed by atoms with van der Waals surface area (Å²) in [5.41, 5.74) is 1.06. The number of hydrogen-bond acceptors (Lipinski definition) is 3. The van der Waals surface area contributed by atoms with Gasteiger partial charge in [-0.25, -0.2) is 0 Å².